The van der Waals surface area contributed by atoms with Crippen LogP contribution in [0.5, 0.6) is 0 Å². The summed E-state index contributed by atoms with van der Waals surface area (Å²) in [6, 6.07) is 0. The van der Waals surface area contributed by atoms with Crippen molar-refractivity contribution in [2.45, 2.75) is 290 Å². The number of unbranched alkanes of at least 4 members (excludes halogenated alkanes) is 23. The first-order chi connectivity index (χ1) is 44.8. The molecule has 0 aliphatic carbocycles. The van der Waals surface area contributed by atoms with Crippen molar-refractivity contribution in [2.24, 2.45) is 5.73 Å². The molecule has 0 heterocycles. The molecule has 0 aromatic rings. The van der Waals surface area contributed by atoms with Crippen LogP contribution in [0.1, 0.15) is 284 Å². The number of allylic oxidation sites excluding steroid dienone is 30. The fraction of sp³-hybridized carbons (Fsp3) is 0.605. The van der Waals surface area contributed by atoms with E-state index in [9.17, 15) is 19.0 Å². The Morgan fingerprint density at radius 1 is 0.330 bits per heavy atom. The maximum atomic E-state index is 12.7. The Morgan fingerprint density at radius 2 is 0.582 bits per heavy atom. The van der Waals surface area contributed by atoms with Gasteiger partial charge in [-0.25, -0.2) is 4.57 Å². The molecular formula is C81H132NO8P. The zero-order valence-electron chi connectivity index (χ0n) is 57.8. The van der Waals surface area contributed by atoms with Gasteiger partial charge in [-0.05, 0) is 128 Å². The van der Waals surface area contributed by atoms with E-state index in [0.29, 0.717) is 12.8 Å². The highest BCUT2D eigenvalue weighted by atomic mass is 31.2. The molecule has 9 nitrogen and oxygen atoms in total. The molecule has 2 unspecified atom stereocenters. The van der Waals surface area contributed by atoms with Crippen molar-refractivity contribution in [1.29, 1.82) is 0 Å². The minimum atomic E-state index is -4.42. The van der Waals surface area contributed by atoms with E-state index in [1.54, 1.807) is 0 Å². The summed E-state index contributed by atoms with van der Waals surface area (Å²) in [7, 11) is -4.42. The summed E-state index contributed by atoms with van der Waals surface area (Å²) in [5.41, 5.74) is 5.40. The number of rotatable bonds is 66. The van der Waals surface area contributed by atoms with E-state index in [0.717, 1.165) is 116 Å². The van der Waals surface area contributed by atoms with Crippen LogP contribution in [0, 0.1) is 0 Å². The van der Waals surface area contributed by atoms with Gasteiger partial charge in [0, 0.05) is 19.4 Å². The molecule has 0 aromatic carbocycles. The van der Waals surface area contributed by atoms with Gasteiger partial charge in [-0.3, -0.25) is 18.6 Å². The topological polar surface area (TPSA) is 134 Å². The van der Waals surface area contributed by atoms with Crippen LogP contribution in [0.25, 0.3) is 0 Å². The molecule has 3 N–H and O–H groups in total. The normalized spacial score (nSPS) is 14.0. The van der Waals surface area contributed by atoms with Gasteiger partial charge in [-0.2, -0.15) is 0 Å². The summed E-state index contributed by atoms with van der Waals surface area (Å²) < 4.78 is 33.1. The van der Waals surface area contributed by atoms with Crippen molar-refractivity contribution < 1.29 is 37.6 Å². The molecule has 0 fully saturated rings. The predicted octanol–water partition coefficient (Wildman–Crippen LogP) is 24.3. The Morgan fingerprint density at radius 3 is 0.879 bits per heavy atom. The number of phosphoric acid groups is 1. The highest BCUT2D eigenvalue weighted by molar-refractivity contribution is 7.47. The predicted molar refractivity (Wildman–Crippen MR) is 394 cm³/mol. The fourth-order valence-electron chi connectivity index (χ4n) is 9.53. The molecule has 0 aliphatic rings. The number of hydrogen-bond acceptors (Lipinski definition) is 8. The standard InChI is InChI=1S/C81H132NO8P/c1-3-5-7-9-11-13-15-17-19-21-23-25-27-29-31-33-34-35-36-37-38-39-40-41-42-43-44-46-47-49-51-53-55-57-59-61-63-65-67-69-71-73-80(83)87-77-79(78-89-91(85,86)88-76-75-82)90-81(84)74-72-70-68-66-64-62-60-58-56-54-52-50-48-45-32-30-28-26-24-22-20-18-16-14-12-10-8-6-4-2/h5-8,11-14,17-20,23-26,29-32,34-35,48,50,54,56,60,62,66,68,79H,3-4,9-10,15-16,21-22,27-28,33,36-47,49,51-53,55,57-59,61,63-65,67,69-78,82H2,1-2H3,(H,85,86)/b7-5-,8-6-,13-11-,14-12-,19-17-,20-18-,25-23-,26-24-,31-29-,32-30-,35-34-,50-48-,56-54-,62-60-,68-66-. The Bertz CT molecular complexity index is 2150. The van der Waals surface area contributed by atoms with Crippen molar-refractivity contribution in [3.63, 3.8) is 0 Å². The SMILES string of the molecule is CC/C=C\C/C=C\C/C=C\C/C=C\C/C=C\C/C=C\C/C=C\C/C=C\C/C=C\CCCC(=O)OC(COC(=O)CCCCCCCCCCCCCCCCCCCCCCCC/C=C\C/C=C\C/C=C\C/C=C\C/C=C\C/C=C\CC)COP(=O)(O)OCCN. The maximum Gasteiger partial charge on any atom is 0.472 e. The summed E-state index contributed by atoms with van der Waals surface area (Å²) in [5.74, 6) is -0.901. The number of nitrogens with two attached hydrogens (primary N) is 1. The van der Waals surface area contributed by atoms with Crippen molar-refractivity contribution in [3.05, 3.63) is 182 Å². The average Bonchev–Trinajstić information content (AvgIpc) is 3.68. The lowest BCUT2D eigenvalue weighted by Gasteiger charge is -2.19. The van der Waals surface area contributed by atoms with E-state index >= 15 is 0 Å². The van der Waals surface area contributed by atoms with Crippen LogP contribution < -0.4 is 5.73 Å². The van der Waals surface area contributed by atoms with E-state index in [-0.39, 0.29) is 32.6 Å². The summed E-state index contributed by atoms with van der Waals surface area (Å²) in [6.07, 6.45) is 112. The molecule has 0 aliphatic heterocycles. The molecule has 0 rings (SSSR count). The molecular weight excluding hydrogens is 1150 g/mol. The molecule has 0 spiro atoms. The third-order valence-corrected chi connectivity index (χ3v) is 15.8. The summed E-state index contributed by atoms with van der Waals surface area (Å²) in [5, 5.41) is 0. The minimum Gasteiger partial charge on any atom is -0.462 e. The summed E-state index contributed by atoms with van der Waals surface area (Å²) >= 11 is 0. The van der Waals surface area contributed by atoms with Crippen molar-refractivity contribution in [1.82, 2.24) is 0 Å². The number of ether oxygens (including phenoxy) is 2. The van der Waals surface area contributed by atoms with Crippen molar-refractivity contribution in [3.8, 4) is 0 Å². The van der Waals surface area contributed by atoms with E-state index in [1.807, 2.05) is 6.08 Å². The number of carbonyl (C=O) groups is 2. The molecule has 0 saturated carbocycles. The number of carbonyl (C=O) groups excluding carboxylic acids is 2. The van der Waals surface area contributed by atoms with E-state index in [1.165, 1.54) is 128 Å². The second-order valence-electron chi connectivity index (χ2n) is 23.3. The second kappa shape index (κ2) is 74.2. The summed E-state index contributed by atoms with van der Waals surface area (Å²) in [4.78, 5) is 35.3. The molecule has 0 aromatic heterocycles. The van der Waals surface area contributed by atoms with Gasteiger partial charge >= 0.3 is 19.8 Å². The first kappa shape index (κ1) is 86.1. The van der Waals surface area contributed by atoms with Crippen LogP contribution in [0.15, 0.2) is 182 Å². The molecule has 0 bridgehead atoms. The zero-order valence-corrected chi connectivity index (χ0v) is 58.6. The van der Waals surface area contributed by atoms with E-state index in [2.05, 4.69) is 190 Å². The Hall–Kier alpha value is -4.89. The van der Waals surface area contributed by atoms with Crippen LogP contribution in [0.3, 0.4) is 0 Å². The molecule has 91 heavy (non-hydrogen) atoms. The molecule has 0 radical (unpaired) electrons. The highest BCUT2D eigenvalue weighted by Gasteiger charge is 2.26. The van der Waals surface area contributed by atoms with Gasteiger partial charge in [-0.15, -0.1) is 0 Å². The van der Waals surface area contributed by atoms with E-state index in [4.69, 9.17) is 24.3 Å². The van der Waals surface area contributed by atoms with E-state index < -0.39 is 32.5 Å². The Balaban J connectivity index is 3.93. The van der Waals surface area contributed by atoms with Crippen LogP contribution in [0.2, 0.25) is 0 Å². The molecule has 0 amide bonds. The van der Waals surface area contributed by atoms with Gasteiger partial charge in [0.25, 0.3) is 0 Å². The molecule has 514 valence electrons. The van der Waals surface area contributed by atoms with Gasteiger partial charge in [0.15, 0.2) is 6.10 Å². The third kappa shape index (κ3) is 74.0. The van der Waals surface area contributed by atoms with Crippen LogP contribution in [0.4, 0.5) is 0 Å². The van der Waals surface area contributed by atoms with Crippen molar-refractivity contribution in [2.75, 3.05) is 26.4 Å². The van der Waals surface area contributed by atoms with Crippen LogP contribution in [-0.4, -0.2) is 49.3 Å². The van der Waals surface area contributed by atoms with Crippen LogP contribution >= 0.6 is 7.82 Å². The van der Waals surface area contributed by atoms with Crippen molar-refractivity contribution >= 4 is 19.8 Å². The Kier molecular flexibility index (Phi) is 70.2. The number of esters is 2. The highest BCUT2D eigenvalue weighted by Crippen LogP contribution is 2.43. The third-order valence-electron chi connectivity index (χ3n) is 14.8. The lowest BCUT2D eigenvalue weighted by molar-refractivity contribution is -0.161. The first-order valence-electron chi connectivity index (χ1n) is 36.3. The van der Waals surface area contributed by atoms with Gasteiger partial charge in [0.2, 0.25) is 0 Å². The van der Waals surface area contributed by atoms with Gasteiger partial charge in [0.05, 0.1) is 13.2 Å². The Labute approximate surface area is 558 Å². The zero-order chi connectivity index (χ0) is 65.8. The molecule has 0 saturated heterocycles. The minimum absolute atomic E-state index is 0.0364. The molecule has 2 atom stereocenters. The number of phosphoric ester groups is 1. The monoisotopic (exact) mass is 1280 g/mol. The van der Waals surface area contributed by atoms with Gasteiger partial charge < -0.3 is 20.1 Å². The molecule has 10 heteroatoms. The second-order valence-corrected chi connectivity index (χ2v) is 24.8. The number of hydrogen-bond donors (Lipinski definition) is 2. The largest absolute Gasteiger partial charge is 0.472 e. The lowest BCUT2D eigenvalue weighted by atomic mass is 10.0. The van der Waals surface area contributed by atoms with Gasteiger partial charge in [-0.1, -0.05) is 325 Å². The smallest absolute Gasteiger partial charge is 0.462 e. The summed E-state index contributed by atoms with van der Waals surface area (Å²) in [6.45, 7) is 3.45. The fourth-order valence-corrected chi connectivity index (χ4v) is 10.3. The average molecular weight is 1280 g/mol. The maximum absolute atomic E-state index is 12.7. The van der Waals surface area contributed by atoms with Crippen LogP contribution in [-0.2, 0) is 32.7 Å². The van der Waals surface area contributed by atoms with Gasteiger partial charge in [0.1, 0.15) is 6.61 Å². The quantitative estimate of drug-likeness (QED) is 0.0264. The lowest BCUT2D eigenvalue weighted by Crippen LogP contribution is -2.29. The first-order valence-corrected chi connectivity index (χ1v) is 37.8.